The zero-order valence-corrected chi connectivity index (χ0v) is 18.0. The Hall–Kier alpha value is -2.78. The second-order valence-electron chi connectivity index (χ2n) is 7.50. The van der Waals surface area contributed by atoms with Crippen molar-refractivity contribution in [2.75, 3.05) is 11.9 Å². The molecule has 1 N–H and O–H groups in total. The predicted octanol–water partition coefficient (Wildman–Crippen LogP) is 3.55. The van der Waals surface area contributed by atoms with Gasteiger partial charge in [-0.1, -0.05) is 12.1 Å². The zero-order chi connectivity index (χ0) is 20.9. The third-order valence-electron chi connectivity index (χ3n) is 5.45. The standard InChI is InChI=1S/C21H20N4O3S2/c1-13-22-16-10-9-14(12-18(16)29-13)23-21(26)17-7-4-5-11-25(17)20-15-6-2-3-8-19(15)30(27,28)24-20/h2-3,6,8-10,12,17H,4-5,7,11H2,1H3,(H,23,26)/t17-/m0/s1. The van der Waals surface area contributed by atoms with Gasteiger partial charge in [0, 0.05) is 17.8 Å². The van der Waals surface area contributed by atoms with Crippen molar-refractivity contribution in [2.45, 2.75) is 37.1 Å². The van der Waals surface area contributed by atoms with E-state index in [-0.39, 0.29) is 10.8 Å². The van der Waals surface area contributed by atoms with Crippen molar-refractivity contribution >= 4 is 49.0 Å². The molecule has 0 spiro atoms. The number of anilines is 1. The van der Waals surface area contributed by atoms with Crippen LogP contribution in [-0.4, -0.2) is 42.6 Å². The molecule has 0 radical (unpaired) electrons. The first-order valence-corrected chi connectivity index (χ1v) is 12.1. The predicted molar refractivity (Wildman–Crippen MR) is 117 cm³/mol. The molecule has 0 bridgehead atoms. The van der Waals surface area contributed by atoms with Crippen LogP contribution < -0.4 is 5.32 Å². The number of carbonyl (C=O) groups excluding carboxylic acids is 1. The highest BCUT2D eigenvalue weighted by atomic mass is 32.2. The molecule has 30 heavy (non-hydrogen) atoms. The minimum Gasteiger partial charge on any atom is -0.343 e. The fourth-order valence-electron chi connectivity index (χ4n) is 4.10. The molecule has 1 saturated heterocycles. The van der Waals surface area contributed by atoms with E-state index in [1.54, 1.807) is 35.6 Å². The van der Waals surface area contributed by atoms with Crippen molar-refractivity contribution in [1.82, 2.24) is 9.88 Å². The van der Waals surface area contributed by atoms with Crippen LogP contribution in [0.5, 0.6) is 0 Å². The molecule has 7 nitrogen and oxygen atoms in total. The number of hydrogen-bond donors (Lipinski definition) is 1. The smallest absolute Gasteiger partial charge is 0.285 e. The fourth-order valence-corrected chi connectivity index (χ4v) is 6.18. The number of benzene rings is 2. The van der Waals surface area contributed by atoms with Gasteiger partial charge in [-0.2, -0.15) is 8.42 Å². The molecule has 2 aliphatic heterocycles. The van der Waals surface area contributed by atoms with Crippen molar-refractivity contribution in [3.8, 4) is 0 Å². The lowest BCUT2D eigenvalue weighted by Gasteiger charge is -2.36. The Kier molecular flexibility index (Phi) is 4.59. The third kappa shape index (κ3) is 3.27. The second-order valence-corrected chi connectivity index (χ2v) is 10.3. The van der Waals surface area contributed by atoms with E-state index in [1.807, 2.05) is 30.0 Å². The van der Waals surface area contributed by atoms with Gasteiger partial charge in [0.2, 0.25) is 5.91 Å². The maximum atomic E-state index is 13.2. The van der Waals surface area contributed by atoms with Crippen molar-refractivity contribution in [1.29, 1.82) is 0 Å². The van der Waals surface area contributed by atoms with E-state index in [1.165, 1.54) is 0 Å². The van der Waals surface area contributed by atoms with E-state index in [9.17, 15) is 13.2 Å². The quantitative estimate of drug-likeness (QED) is 0.658. The molecule has 3 aromatic rings. The number of nitrogens with one attached hydrogen (secondary N) is 1. The number of hydrogen-bond acceptors (Lipinski definition) is 6. The Balaban J connectivity index is 1.44. The van der Waals surface area contributed by atoms with Crippen LogP contribution in [-0.2, 0) is 14.8 Å². The van der Waals surface area contributed by atoms with Gasteiger partial charge < -0.3 is 10.2 Å². The molecule has 2 aromatic carbocycles. The largest absolute Gasteiger partial charge is 0.343 e. The van der Waals surface area contributed by atoms with E-state index in [4.69, 9.17) is 0 Å². The minimum atomic E-state index is -3.73. The summed E-state index contributed by atoms with van der Waals surface area (Å²) in [5.41, 5.74) is 2.19. The van der Waals surface area contributed by atoms with Gasteiger partial charge in [-0.3, -0.25) is 4.79 Å². The number of fused-ring (bicyclic) bond motifs is 2. The molecule has 1 amide bonds. The number of piperidine rings is 1. The van der Waals surface area contributed by atoms with Crippen LogP contribution in [0.4, 0.5) is 5.69 Å². The number of amides is 1. The molecule has 0 unspecified atom stereocenters. The van der Waals surface area contributed by atoms with Gasteiger partial charge >= 0.3 is 0 Å². The Morgan fingerprint density at radius 3 is 2.90 bits per heavy atom. The zero-order valence-electron chi connectivity index (χ0n) is 16.3. The number of thiazole rings is 1. The van der Waals surface area contributed by atoms with Gasteiger partial charge in [0.15, 0.2) is 5.84 Å². The third-order valence-corrected chi connectivity index (χ3v) is 7.71. The number of sulfonamides is 1. The van der Waals surface area contributed by atoms with Crippen LogP contribution in [0.15, 0.2) is 51.8 Å². The molecule has 5 rings (SSSR count). The Labute approximate surface area is 178 Å². The second kappa shape index (κ2) is 7.17. The monoisotopic (exact) mass is 440 g/mol. The van der Waals surface area contributed by atoms with Gasteiger partial charge in [-0.25, -0.2) is 4.98 Å². The first-order chi connectivity index (χ1) is 14.4. The maximum Gasteiger partial charge on any atom is 0.285 e. The van der Waals surface area contributed by atoms with Gasteiger partial charge in [0.25, 0.3) is 10.0 Å². The van der Waals surface area contributed by atoms with Gasteiger partial charge in [-0.05, 0) is 56.5 Å². The number of rotatable bonds is 2. The highest BCUT2D eigenvalue weighted by molar-refractivity contribution is 7.90. The van der Waals surface area contributed by atoms with Crippen LogP contribution in [0.3, 0.4) is 0 Å². The normalized spacial score (nSPS) is 20.1. The highest BCUT2D eigenvalue weighted by Gasteiger charge is 2.37. The Morgan fingerprint density at radius 1 is 1.20 bits per heavy atom. The highest BCUT2D eigenvalue weighted by Crippen LogP contribution is 2.31. The molecule has 1 atom stereocenters. The Morgan fingerprint density at radius 2 is 2.03 bits per heavy atom. The van der Waals surface area contributed by atoms with Crippen LogP contribution >= 0.6 is 11.3 Å². The van der Waals surface area contributed by atoms with E-state index in [0.717, 1.165) is 28.1 Å². The summed E-state index contributed by atoms with van der Waals surface area (Å²) in [6.45, 7) is 2.55. The molecule has 1 aromatic heterocycles. The lowest BCUT2D eigenvalue weighted by molar-refractivity contribution is -0.120. The summed E-state index contributed by atoms with van der Waals surface area (Å²) < 4.78 is 30.0. The SMILES string of the molecule is Cc1nc2ccc(NC(=O)[C@@H]3CCCCN3C3=NS(=O)(=O)c4ccccc43)cc2s1. The molecule has 0 aliphatic carbocycles. The number of amidine groups is 1. The van der Waals surface area contributed by atoms with Gasteiger partial charge in [0.05, 0.1) is 15.2 Å². The van der Waals surface area contributed by atoms with E-state index in [2.05, 4.69) is 14.7 Å². The first kappa shape index (κ1) is 19.2. The van der Waals surface area contributed by atoms with Crippen LogP contribution in [0.1, 0.15) is 29.8 Å². The van der Waals surface area contributed by atoms with Crippen molar-refractivity contribution in [3.05, 3.63) is 53.0 Å². The van der Waals surface area contributed by atoms with Crippen LogP contribution in [0.25, 0.3) is 10.2 Å². The number of likely N-dealkylation sites (tertiary alicyclic amines) is 1. The molecular weight excluding hydrogens is 420 g/mol. The molecule has 0 saturated carbocycles. The molecule has 9 heteroatoms. The summed E-state index contributed by atoms with van der Waals surface area (Å²) in [5, 5.41) is 3.98. The number of aromatic nitrogens is 1. The summed E-state index contributed by atoms with van der Waals surface area (Å²) in [5.74, 6) is 0.221. The number of nitrogens with zero attached hydrogens (tertiary/aromatic N) is 3. The van der Waals surface area contributed by atoms with Crippen molar-refractivity contribution in [2.24, 2.45) is 4.40 Å². The van der Waals surface area contributed by atoms with Crippen LogP contribution in [0, 0.1) is 6.92 Å². The van der Waals surface area contributed by atoms with Crippen LogP contribution in [0.2, 0.25) is 0 Å². The Bertz CT molecular complexity index is 1300. The lowest BCUT2D eigenvalue weighted by Crippen LogP contribution is -2.50. The van der Waals surface area contributed by atoms with Crippen molar-refractivity contribution in [3.63, 3.8) is 0 Å². The molecule has 154 valence electrons. The van der Waals surface area contributed by atoms with E-state index < -0.39 is 16.1 Å². The van der Waals surface area contributed by atoms with E-state index in [0.29, 0.717) is 30.1 Å². The summed E-state index contributed by atoms with van der Waals surface area (Å²) >= 11 is 1.58. The fraction of sp³-hybridized carbons (Fsp3) is 0.286. The number of carbonyl (C=O) groups is 1. The summed E-state index contributed by atoms with van der Waals surface area (Å²) in [7, 11) is -3.73. The molecular formula is C21H20N4O3S2. The minimum absolute atomic E-state index is 0.153. The molecule has 3 heterocycles. The molecule has 2 aliphatic rings. The summed E-state index contributed by atoms with van der Waals surface area (Å²) in [4.78, 5) is 19.7. The van der Waals surface area contributed by atoms with Crippen molar-refractivity contribution < 1.29 is 13.2 Å². The molecule has 1 fully saturated rings. The topological polar surface area (TPSA) is 91.7 Å². The summed E-state index contributed by atoms with van der Waals surface area (Å²) in [6.07, 6.45) is 2.44. The lowest BCUT2D eigenvalue weighted by atomic mass is 9.99. The average Bonchev–Trinajstić information content (AvgIpc) is 3.24. The number of aryl methyl sites for hydroxylation is 1. The summed E-state index contributed by atoms with van der Waals surface area (Å²) in [6, 6.07) is 12.0. The van der Waals surface area contributed by atoms with E-state index >= 15 is 0 Å². The maximum absolute atomic E-state index is 13.2. The van der Waals surface area contributed by atoms with Gasteiger partial charge in [0.1, 0.15) is 10.9 Å². The average molecular weight is 441 g/mol. The first-order valence-electron chi connectivity index (χ1n) is 9.81. The van der Waals surface area contributed by atoms with Gasteiger partial charge in [-0.15, -0.1) is 15.7 Å².